The highest BCUT2D eigenvalue weighted by molar-refractivity contribution is 7.99. The van der Waals surface area contributed by atoms with Crippen LogP contribution in [-0.4, -0.2) is 21.1 Å². The highest BCUT2D eigenvalue weighted by atomic mass is 32.2. The molecule has 4 nitrogen and oxygen atoms in total. The molecule has 0 bridgehead atoms. The van der Waals surface area contributed by atoms with Crippen LogP contribution in [0.3, 0.4) is 0 Å². The Kier molecular flexibility index (Phi) is 5.74. The quantitative estimate of drug-likeness (QED) is 0.203. The summed E-state index contributed by atoms with van der Waals surface area (Å²) in [5.41, 5.74) is 3.75. The smallest absolute Gasteiger partial charge is 0.267 e. The van der Waals surface area contributed by atoms with Crippen molar-refractivity contribution in [1.82, 2.24) is 9.55 Å². The van der Waals surface area contributed by atoms with Gasteiger partial charge in [-0.2, -0.15) is 0 Å². The molecular formula is C26H24N2O2S2. The maximum atomic E-state index is 13.9. The number of rotatable bonds is 5. The van der Waals surface area contributed by atoms with E-state index in [2.05, 4.69) is 6.92 Å². The average Bonchev–Trinajstić information content (AvgIpc) is 3.19. The Balaban J connectivity index is 1.64. The summed E-state index contributed by atoms with van der Waals surface area (Å²) >= 11 is 2.98. The van der Waals surface area contributed by atoms with Crippen LogP contribution in [0.25, 0.3) is 15.9 Å². The van der Waals surface area contributed by atoms with Gasteiger partial charge in [-0.15, -0.1) is 11.3 Å². The lowest BCUT2D eigenvalue weighted by atomic mass is 9.88. The van der Waals surface area contributed by atoms with Gasteiger partial charge in [0.1, 0.15) is 4.83 Å². The van der Waals surface area contributed by atoms with E-state index in [0.717, 1.165) is 40.7 Å². The number of carbonyl (C=O) groups excluding carboxylic acids is 1. The number of aromatic nitrogens is 2. The number of nitrogens with zero attached hydrogens (tertiary/aromatic N) is 2. The van der Waals surface area contributed by atoms with Gasteiger partial charge in [0.15, 0.2) is 10.9 Å². The molecule has 32 heavy (non-hydrogen) atoms. The molecule has 0 fully saturated rings. The van der Waals surface area contributed by atoms with Crippen LogP contribution in [0.4, 0.5) is 0 Å². The molecule has 1 aliphatic carbocycles. The minimum absolute atomic E-state index is 0.0273. The van der Waals surface area contributed by atoms with Crippen LogP contribution in [0.5, 0.6) is 0 Å². The summed E-state index contributed by atoms with van der Waals surface area (Å²) in [6.07, 6.45) is 3.27. The van der Waals surface area contributed by atoms with Crippen molar-refractivity contribution < 1.29 is 4.79 Å². The van der Waals surface area contributed by atoms with E-state index in [9.17, 15) is 9.59 Å². The van der Waals surface area contributed by atoms with Crippen LogP contribution in [0.2, 0.25) is 0 Å². The summed E-state index contributed by atoms with van der Waals surface area (Å²) in [4.78, 5) is 33.6. The van der Waals surface area contributed by atoms with Crippen molar-refractivity contribution >= 4 is 39.1 Å². The molecule has 2 aromatic carbocycles. The molecule has 1 atom stereocenters. The van der Waals surface area contributed by atoms with Gasteiger partial charge in [0.05, 0.1) is 16.8 Å². The van der Waals surface area contributed by atoms with Crippen LogP contribution >= 0.6 is 23.1 Å². The van der Waals surface area contributed by atoms with Gasteiger partial charge in [-0.25, -0.2) is 4.98 Å². The van der Waals surface area contributed by atoms with Crippen LogP contribution in [0.1, 0.15) is 52.0 Å². The Morgan fingerprint density at radius 3 is 2.66 bits per heavy atom. The minimum atomic E-state index is -0.0280. The van der Waals surface area contributed by atoms with Crippen molar-refractivity contribution in [3.05, 3.63) is 86.5 Å². The van der Waals surface area contributed by atoms with Gasteiger partial charge in [-0.05, 0) is 49.8 Å². The molecule has 0 radical (unpaired) electrons. The molecule has 5 rings (SSSR count). The normalized spacial score (nSPS) is 15.6. The van der Waals surface area contributed by atoms with Gasteiger partial charge < -0.3 is 0 Å². The largest absolute Gasteiger partial charge is 0.293 e. The number of carbonyl (C=O) groups is 1. The standard InChI is InChI=1S/C26H24N2O2S2/c1-16-11-13-19(14-12-16)28-25(30)23-22-17(2)7-6-10-21(22)32-24(23)27-26(28)31-15-20(29)18-8-4-3-5-9-18/h3-5,8-9,11-14,17H,6-7,10,15H2,1-2H3/t17-/m1/s1. The van der Waals surface area contributed by atoms with E-state index in [1.54, 1.807) is 15.9 Å². The monoisotopic (exact) mass is 460 g/mol. The Hall–Kier alpha value is -2.70. The molecule has 0 aliphatic heterocycles. The van der Waals surface area contributed by atoms with E-state index in [-0.39, 0.29) is 17.1 Å². The van der Waals surface area contributed by atoms with Crippen LogP contribution in [0, 0.1) is 6.92 Å². The maximum Gasteiger partial charge on any atom is 0.267 e. The van der Waals surface area contributed by atoms with Gasteiger partial charge in [-0.3, -0.25) is 14.2 Å². The van der Waals surface area contributed by atoms with Crippen molar-refractivity contribution in [2.45, 2.75) is 44.2 Å². The third-order valence-corrected chi connectivity index (χ3v) is 8.16. The highest BCUT2D eigenvalue weighted by Crippen LogP contribution is 2.41. The van der Waals surface area contributed by atoms with E-state index in [1.807, 2.05) is 61.5 Å². The summed E-state index contributed by atoms with van der Waals surface area (Å²) in [5.74, 6) is 0.626. The topological polar surface area (TPSA) is 52.0 Å². The summed E-state index contributed by atoms with van der Waals surface area (Å²) in [7, 11) is 0. The Morgan fingerprint density at radius 1 is 1.16 bits per heavy atom. The third kappa shape index (κ3) is 3.82. The lowest BCUT2D eigenvalue weighted by Gasteiger charge is -2.19. The van der Waals surface area contributed by atoms with Crippen LogP contribution in [-0.2, 0) is 6.42 Å². The first-order valence-corrected chi connectivity index (χ1v) is 12.7. The lowest BCUT2D eigenvalue weighted by molar-refractivity contribution is 0.102. The van der Waals surface area contributed by atoms with Crippen molar-refractivity contribution in [2.24, 2.45) is 0 Å². The van der Waals surface area contributed by atoms with Crippen molar-refractivity contribution in [2.75, 3.05) is 5.75 Å². The number of thiophene rings is 1. The van der Waals surface area contributed by atoms with E-state index in [1.165, 1.54) is 22.2 Å². The fraction of sp³-hybridized carbons (Fsp3) is 0.269. The number of hydrogen-bond donors (Lipinski definition) is 0. The van der Waals surface area contributed by atoms with Crippen LogP contribution in [0.15, 0.2) is 64.5 Å². The summed E-state index contributed by atoms with van der Waals surface area (Å²) < 4.78 is 1.69. The van der Waals surface area contributed by atoms with E-state index < -0.39 is 0 Å². The van der Waals surface area contributed by atoms with Gasteiger partial charge in [0, 0.05) is 10.4 Å². The molecule has 1 aliphatic rings. The molecule has 4 aromatic rings. The van der Waals surface area contributed by atoms with Crippen LogP contribution < -0.4 is 5.56 Å². The van der Waals surface area contributed by atoms with E-state index in [4.69, 9.17) is 4.98 Å². The maximum absolute atomic E-state index is 13.9. The second-order valence-corrected chi connectivity index (χ2v) is 10.4. The third-order valence-electron chi connectivity index (χ3n) is 6.06. The van der Waals surface area contributed by atoms with Gasteiger partial charge in [-0.1, -0.05) is 66.7 Å². The zero-order chi connectivity index (χ0) is 22.2. The number of Topliss-reactive ketones (excluding diaryl/α,β-unsaturated/α-hetero) is 1. The number of ketones is 1. The minimum Gasteiger partial charge on any atom is -0.293 e. The number of hydrogen-bond acceptors (Lipinski definition) is 5. The summed E-state index contributed by atoms with van der Waals surface area (Å²) in [6.45, 7) is 4.24. The second kappa shape index (κ2) is 8.68. The van der Waals surface area contributed by atoms with Crippen molar-refractivity contribution in [3.8, 4) is 5.69 Å². The number of thioether (sulfide) groups is 1. The number of fused-ring (bicyclic) bond motifs is 3. The molecule has 0 amide bonds. The zero-order valence-corrected chi connectivity index (χ0v) is 19.8. The van der Waals surface area contributed by atoms with E-state index in [0.29, 0.717) is 16.6 Å². The molecule has 6 heteroatoms. The number of aryl methyl sites for hydroxylation is 2. The molecule has 2 heterocycles. The average molecular weight is 461 g/mol. The second-order valence-electron chi connectivity index (χ2n) is 8.36. The first kappa shape index (κ1) is 21.2. The first-order chi connectivity index (χ1) is 15.5. The number of benzene rings is 2. The first-order valence-electron chi connectivity index (χ1n) is 10.9. The van der Waals surface area contributed by atoms with Crippen molar-refractivity contribution in [1.29, 1.82) is 0 Å². The molecule has 162 valence electrons. The van der Waals surface area contributed by atoms with Gasteiger partial charge in [0.2, 0.25) is 0 Å². The summed E-state index contributed by atoms with van der Waals surface area (Å²) in [6, 6.07) is 17.2. The molecular weight excluding hydrogens is 436 g/mol. The predicted octanol–water partition coefficient (Wildman–Crippen LogP) is 6.17. The lowest BCUT2D eigenvalue weighted by Crippen LogP contribution is -2.23. The SMILES string of the molecule is Cc1ccc(-n2c(SCC(=O)c3ccccc3)nc3sc4c(c3c2=O)[C@H](C)CCC4)cc1. The Bertz CT molecular complexity index is 1350. The molecule has 0 spiro atoms. The summed E-state index contributed by atoms with van der Waals surface area (Å²) in [5, 5.41) is 1.33. The fourth-order valence-electron chi connectivity index (χ4n) is 4.37. The van der Waals surface area contributed by atoms with E-state index >= 15 is 0 Å². The molecule has 2 aromatic heterocycles. The fourth-order valence-corrected chi connectivity index (χ4v) is 6.66. The Morgan fingerprint density at radius 2 is 1.91 bits per heavy atom. The predicted molar refractivity (Wildman–Crippen MR) is 133 cm³/mol. The molecule has 0 unspecified atom stereocenters. The Labute approximate surface area is 195 Å². The van der Waals surface area contributed by atoms with Crippen molar-refractivity contribution in [3.63, 3.8) is 0 Å². The highest BCUT2D eigenvalue weighted by Gasteiger charge is 2.27. The van der Waals surface area contributed by atoms with Gasteiger partial charge in [0.25, 0.3) is 5.56 Å². The molecule has 0 saturated carbocycles. The zero-order valence-electron chi connectivity index (χ0n) is 18.1. The molecule has 0 saturated heterocycles. The molecule has 0 N–H and O–H groups in total. The van der Waals surface area contributed by atoms with Gasteiger partial charge >= 0.3 is 0 Å².